The zero-order chi connectivity index (χ0) is 23.8. The van der Waals surface area contributed by atoms with Crippen molar-refractivity contribution in [3.63, 3.8) is 0 Å². The highest BCUT2D eigenvalue weighted by atomic mass is 19.1. The van der Waals surface area contributed by atoms with E-state index in [-0.39, 0.29) is 12.0 Å². The summed E-state index contributed by atoms with van der Waals surface area (Å²) in [6.07, 6.45) is -0.119. The average molecular weight is 448 g/mol. The SMILES string of the molecule is CC(=O)N[C@H](Cc1ccccc1F)C(=O)N[C@@H](C(=O)O)C(c1ccccc1)c1ccccc1. The van der Waals surface area contributed by atoms with Crippen molar-refractivity contribution < 1.29 is 23.9 Å². The molecule has 3 rings (SSSR count). The van der Waals surface area contributed by atoms with Crippen molar-refractivity contribution in [1.29, 1.82) is 0 Å². The molecular weight excluding hydrogens is 423 g/mol. The number of carbonyl (C=O) groups excluding carboxylic acids is 2. The number of halogens is 1. The molecule has 0 aliphatic heterocycles. The summed E-state index contributed by atoms with van der Waals surface area (Å²) in [6, 6.07) is 21.5. The topological polar surface area (TPSA) is 95.5 Å². The van der Waals surface area contributed by atoms with Crippen molar-refractivity contribution >= 4 is 17.8 Å². The highest BCUT2D eigenvalue weighted by molar-refractivity contribution is 5.90. The number of aliphatic carboxylic acids is 1. The van der Waals surface area contributed by atoms with Gasteiger partial charge >= 0.3 is 5.97 Å². The molecule has 0 aliphatic rings. The molecule has 3 N–H and O–H groups in total. The smallest absolute Gasteiger partial charge is 0.327 e. The Morgan fingerprint density at radius 2 is 1.33 bits per heavy atom. The molecule has 0 aromatic heterocycles. The number of rotatable bonds is 9. The molecule has 0 unspecified atom stereocenters. The lowest BCUT2D eigenvalue weighted by atomic mass is 9.84. The summed E-state index contributed by atoms with van der Waals surface area (Å²) in [5.41, 5.74) is 1.66. The maximum Gasteiger partial charge on any atom is 0.327 e. The van der Waals surface area contributed by atoms with E-state index in [1.54, 1.807) is 54.6 Å². The van der Waals surface area contributed by atoms with Crippen molar-refractivity contribution in [3.8, 4) is 0 Å². The normalized spacial score (nSPS) is 12.6. The third kappa shape index (κ3) is 6.26. The molecule has 3 aromatic carbocycles. The van der Waals surface area contributed by atoms with Crippen molar-refractivity contribution in [2.45, 2.75) is 31.3 Å². The molecule has 170 valence electrons. The first-order valence-corrected chi connectivity index (χ1v) is 10.5. The van der Waals surface area contributed by atoms with Gasteiger partial charge in [-0.25, -0.2) is 9.18 Å². The second kappa shape index (κ2) is 11.0. The minimum atomic E-state index is -1.32. The lowest BCUT2D eigenvalue weighted by Crippen LogP contribution is -2.54. The second-order valence-corrected chi connectivity index (χ2v) is 7.67. The van der Waals surface area contributed by atoms with E-state index in [1.807, 2.05) is 12.1 Å². The van der Waals surface area contributed by atoms with Crippen LogP contribution >= 0.6 is 0 Å². The quantitative estimate of drug-likeness (QED) is 0.468. The van der Waals surface area contributed by atoms with Gasteiger partial charge in [0.25, 0.3) is 0 Å². The maximum absolute atomic E-state index is 14.2. The van der Waals surface area contributed by atoms with Gasteiger partial charge in [0.1, 0.15) is 17.9 Å². The summed E-state index contributed by atoms with van der Waals surface area (Å²) in [5.74, 6) is -3.62. The van der Waals surface area contributed by atoms with Gasteiger partial charge in [-0.15, -0.1) is 0 Å². The number of amides is 2. The summed E-state index contributed by atoms with van der Waals surface area (Å²) in [6.45, 7) is 1.24. The zero-order valence-electron chi connectivity index (χ0n) is 18.1. The molecule has 6 nitrogen and oxygen atoms in total. The molecule has 2 amide bonds. The molecule has 0 aliphatic carbocycles. The number of carboxylic acids is 1. The highest BCUT2D eigenvalue weighted by Gasteiger charge is 2.34. The summed E-state index contributed by atoms with van der Waals surface area (Å²) in [5, 5.41) is 15.1. The van der Waals surface area contributed by atoms with Gasteiger partial charge in [0.2, 0.25) is 11.8 Å². The van der Waals surface area contributed by atoms with Crippen LogP contribution in [0.3, 0.4) is 0 Å². The third-order valence-electron chi connectivity index (χ3n) is 5.29. The molecule has 33 heavy (non-hydrogen) atoms. The van der Waals surface area contributed by atoms with E-state index in [0.29, 0.717) is 11.1 Å². The summed E-state index contributed by atoms with van der Waals surface area (Å²) < 4.78 is 14.2. The van der Waals surface area contributed by atoms with E-state index >= 15 is 0 Å². The molecule has 0 radical (unpaired) electrons. The van der Waals surface area contributed by atoms with Gasteiger partial charge in [0.05, 0.1) is 0 Å². The number of benzene rings is 3. The van der Waals surface area contributed by atoms with E-state index in [2.05, 4.69) is 10.6 Å². The van der Waals surface area contributed by atoms with Gasteiger partial charge in [-0.05, 0) is 22.8 Å². The van der Waals surface area contributed by atoms with E-state index in [0.717, 1.165) is 0 Å². The van der Waals surface area contributed by atoms with Crippen molar-refractivity contribution in [2.75, 3.05) is 0 Å². The Morgan fingerprint density at radius 3 is 1.82 bits per heavy atom. The van der Waals surface area contributed by atoms with Crippen LogP contribution in [0.15, 0.2) is 84.9 Å². The van der Waals surface area contributed by atoms with E-state index in [4.69, 9.17) is 0 Å². The molecule has 0 fully saturated rings. The van der Waals surface area contributed by atoms with Crippen molar-refractivity contribution in [1.82, 2.24) is 10.6 Å². The van der Waals surface area contributed by atoms with Gasteiger partial charge in [0, 0.05) is 19.3 Å². The van der Waals surface area contributed by atoms with Gasteiger partial charge in [-0.3, -0.25) is 9.59 Å². The van der Waals surface area contributed by atoms with E-state index in [9.17, 15) is 23.9 Å². The predicted molar refractivity (Wildman–Crippen MR) is 122 cm³/mol. The number of carboxylic acid groups (broad SMARTS) is 1. The van der Waals surface area contributed by atoms with E-state index < -0.39 is 41.6 Å². The first kappa shape index (κ1) is 23.7. The van der Waals surface area contributed by atoms with Crippen LogP contribution < -0.4 is 10.6 Å². The molecule has 0 heterocycles. The van der Waals surface area contributed by atoms with Gasteiger partial charge in [-0.2, -0.15) is 0 Å². The Morgan fingerprint density at radius 1 is 0.818 bits per heavy atom. The minimum Gasteiger partial charge on any atom is -0.480 e. The Balaban J connectivity index is 1.93. The Hall–Kier alpha value is -4.00. The molecule has 0 bridgehead atoms. The highest BCUT2D eigenvalue weighted by Crippen LogP contribution is 2.28. The molecular formula is C26H25FN2O4. The lowest BCUT2D eigenvalue weighted by molar-refractivity contribution is -0.142. The molecule has 0 saturated carbocycles. The first-order valence-electron chi connectivity index (χ1n) is 10.5. The van der Waals surface area contributed by atoms with Gasteiger partial charge in [-0.1, -0.05) is 78.9 Å². The molecule has 3 aromatic rings. The van der Waals surface area contributed by atoms with Crippen LogP contribution in [0.25, 0.3) is 0 Å². The van der Waals surface area contributed by atoms with Crippen LogP contribution in [0.5, 0.6) is 0 Å². The average Bonchev–Trinajstić information content (AvgIpc) is 2.80. The number of carbonyl (C=O) groups is 3. The van der Waals surface area contributed by atoms with Crippen molar-refractivity contribution in [2.24, 2.45) is 0 Å². The van der Waals surface area contributed by atoms with Crippen molar-refractivity contribution in [3.05, 3.63) is 107 Å². The Labute approximate surface area is 191 Å². The fourth-order valence-corrected chi connectivity index (χ4v) is 3.78. The standard InChI is InChI=1S/C26H25FN2O4/c1-17(30)28-22(16-20-14-8-9-15-21(20)27)25(31)29-24(26(32)33)23(18-10-4-2-5-11-18)19-12-6-3-7-13-19/h2-15,22-24H,16H2,1H3,(H,28,30)(H,29,31)(H,32,33)/t22-,24-/m1/s1. The second-order valence-electron chi connectivity index (χ2n) is 7.67. The Kier molecular flexibility index (Phi) is 7.91. The van der Waals surface area contributed by atoms with Crippen LogP contribution in [-0.4, -0.2) is 35.0 Å². The fraction of sp³-hybridized carbons (Fsp3) is 0.192. The number of hydrogen-bond acceptors (Lipinski definition) is 3. The van der Waals surface area contributed by atoms with Gasteiger partial charge < -0.3 is 15.7 Å². The van der Waals surface area contributed by atoms with Crippen LogP contribution in [0.2, 0.25) is 0 Å². The minimum absolute atomic E-state index is 0.119. The van der Waals surface area contributed by atoms with Gasteiger partial charge in [0.15, 0.2) is 0 Å². The summed E-state index contributed by atoms with van der Waals surface area (Å²) in [4.78, 5) is 37.2. The third-order valence-corrected chi connectivity index (χ3v) is 5.29. The molecule has 0 spiro atoms. The summed E-state index contributed by atoms with van der Waals surface area (Å²) >= 11 is 0. The first-order chi connectivity index (χ1) is 15.9. The number of hydrogen-bond donors (Lipinski definition) is 3. The largest absolute Gasteiger partial charge is 0.480 e. The van der Waals surface area contributed by atoms with Crippen LogP contribution in [-0.2, 0) is 20.8 Å². The summed E-state index contributed by atoms with van der Waals surface area (Å²) in [7, 11) is 0. The predicted octanol–water partition coefficient (Wildman–Crippen LogP) is 3.27. The zero-order valence-corrected chi connectivity index (χ0v) is 18.1. The fourth-order valence-electron chi connectivity index (χ4n) is 3.78. The lowest BCUT2D eigenvalue weighted by Gasteiger charge is -2.28. The maximum atomic E-state index is 14.2. The molecule has 2 atom stereocenters. The molecule has 0 saturated heterocycles. The number of nitrogens with one attached hydrogen (secondary N) is 2. The van der Waals surface area contributed by atoms with Crippen LogP contribution in [0.4, 0.5) is 4.39 Å². The van der Waals surface area contributed by atoms with E-state index in [1.165, 1.54) is 25.1 Å². The molecule has 7 heteroatoms. The van der Waals surface area contributed by atoms with Crippen LogP contribution in [0, 0.1) is 5.82 Å². The monoisotopic (exact) mass is 448 g/mol. The Bertz CT molecular complexity index is 1070. The van der Waals surface area contributed by atoms with Crippen LogP contribution in [0.1, 0.15) is 29.5 Å².